The van der Waals surface area contributed by atoms with Crippen LogP contribution >= 0.6 is 0 Å². The van der Waals surface area contributed by atoms with E-state index in [9.17, 15) is 4.79 Å². The first-order chi connectivity index (χ1) is 4.93. The van der Waals surface area contributed by atoms with Crippen LogP contribution in [0.15, 0.2) is 24.0 Å². The third-order valence-corrected chi connectivity index (χ3v) is 1.14. The summed E-state index contributed by atoms with van der Waals surface area (Å²) in [4.78, 5) is 9.74. The molecule has 0 aromatic rings. The third-order valence-electron chi connectivity index (χ3n) is 1.14. The summed E-state index contributed by atoms with van der Waals surface area (Å²) in [6, 6.07) is 0. The van der Waals surface area contributed by atoms with E-state index in [0.717, 1.165) is 5.57 Å². The van der Waals surface area contributed by atoms with E-state index in [-0.39, 0.29) is 0 Å². The van der Waals surface area contributed by atoms with Crippen molar-refractivity contribution in [3.63, 3.8) is 0 Å². The zero-order chi connectivity index (χ0) is 7.23. The molecular weight excluding hydrogens is 132 g/mol. The normalized spacial score (nSPS) is 15.4. The van der Waals surface area contributed by atoms with Crippen molar-refractivity contribution < 1.29 is 14.3 Å². The van der Waals surface area contributed by atoms with Gasteiger partial charge in [0.15, 0.2) is 0 Å². The fourth-order valence-corrected chi connectivity index (χ4v) is 0.652. The molecule has 54 valence electrons. The van der Waals surface area contributed by atoms with Crippen LogP contribution in [0, 0.1) is 0 Å². The summed E-state index contributed by atoms with van der Waals surface area (Å²) in [6.07, 6.45) is 5.22. The Labute approximate surface area is 58.9 Å². The van der Waals surface area contributed by atoms with E-state index >= 15 is 0 Å². The topological polar surface area (TPSA) is 35.5 Å². The lowest BCUT2D eigenvalue weighted by Gasteiger charge is -2.05. The average Bonchev–Trinajstić information content (AvgIpc) is 2.03. The molecule has 3 heteroatoms. The Balaban J connectivity index is 2.32. The van der Waals surface area contributed by atoms with Crippen molar-refractivity contribution >= 4 is 6.47 Å². The summed E-state index contributed by atoms with van der Waals surface area (Å²) in [5.41, 5.74) is 0.971. The molecular formula is C7H8O3. The number of hydrogen-bond acceptors (Lipinski definition) is 3. The van der Waals surface area contributed by atoms with Gasteiger partial charge in [0, 0.05) is 0 Å². The molecule has 1 rings (SSSR count). The zero-order valence-corrected chi connectivity index (χ0v) is 5.45. The van der Waals surface area contributed by atoms with E-state index < -0.39 is 0 Å². The lowest BCUT2D eigenvalue weighted by atomic mass is 10.2. The maximum Gasteiger partial charge on any atom is 0.293 e. The van der Waals surface area contributed by atoms with Gasteiger partial charge in [0.05, 0.1) is 6.26 Å². The van der Waals surface area contributed by atoms with Crippen molar-refractivity contribution in [2.75, 3.05) is 13.2 Å². The van der Waals surface area contributed by atoms with E-state index in [2.05, 4.69) is 4.74 Å². The van der Waals surface area contributed by atoms with Crippen LogP contribution in [-0.4, -0.2) is 19.7 Å². The quantitative estimate of drug-likeness (QED) is 0.539. The molecule has 0 aromatic heterocycles. The van der Waals surface area contributed by atoms with Crippen LogP contribution in [0.25, 0.3) is 0 Å². The van der Waals surface area contributed by atoms with E-state index in [4.69, 9.17) is 4.74 Å². The highest BCUT2D eigenvalue weighted by Crippen LogP contribution is 2.02. The summed E-state index contributed by atoms with van der Waals surface area (Å²) in [7, 11) is 0. The fourth-order valence-electron chi connectivity index (χ4n) is 0.652. The lowest BCUT2D eigenvalue weighted by molar-refractivity contribution is -0.127. The molecule has 1 aliphatic heterocycles. The Hall–Kier alpha value is -1.25. The molecule has 0 saturated heterocycles. The Morgan fingerprint density at radius 3 is 3.30 bits per heavy atom. The smallest absolute Gasteiger partial charge is 0.293 e. The largest absolute Gasteiger partial charge is 0.497 e. The van der Waals surface area contributed by atoms with Crippen molar-refractivity contribution in [1.29, 1.82) is 0 Å². The molecule has 1 aliphatic rings. The van der Waals surface area contributed by atoms with Gasteiger partial charge in [-0.2, -0.15) is 0 Å². The van der Waals surface area contributed by atoms with Crippen LogP contribution < -0.4 is 0 Å². The van der Waals surface area contributed by atoms with Gasteiger partial charge in [-0.25, -0.2) is 0 Å². The highest BCUT2D eigenvalue weighted by atomic mass is 16.5. The second-order valence-electron chi connectivity index (χ2n) is 1.82. The average molecular weight is 140 g/mol. The molecule has 0 aliphatic carbocycles. The minimum atomic E-state index is 0.337. The standard InChI is InChI=1S/C7H8O3/c8-6-10-5-7-1-3-9-4-2-7/h1-3,6H,4-5H2. The SMILES string of the molecule is O=COCC1=CCOC=C1. The molecule has 0 saturated carbocycles. The predicted octanol–water partition coefficient (Wildman–Crippen LogP) is 0.630. The first-order valence-electron chi connectivity index (χ1n) is 2.96. The zero-order valence-electron chi connectivity index (χ0n) is 5.45. The van der Waals surface area contributed by atoms with Gasteiger partial charge >= 0.3 is 0 Å². The van der Waals surface area contributed by atoms with Crippen LogP contribution in [0.5, 0.6) is 0 Å². The summed E-state index contributed by atoms with van der Waals surface area (Å²) < 4.78 is 9.40. The van der Waals surface area contributed by atoms with Gasteiger partial charge in [-0.1, -0.05) is 0 Å². The van der Waals surface area contributed by atoms with Gasteiger partial charge in [-0.15, -0.1) is 0 Å². The molecule has 1 heterocycles. The van der Waals surface area contributed by atoms with Gasteiger partial charge in [0.25, 0.3) is 6.47 Å². The van der Waals surface area contributed by atoms with Gasteiger partial charge in [0.1, 0.15) is 13.2 Å². The van der Waals surface area contributed by atoms with Gasteiger partial charge < -0.3 is 9.47 Å². The van der Waals surface area contributed by atoms with Crippen LogP contribution in [0.2, 0.25) is 0 Å². The Morgan fingerprint density at radius 2 is 2.70 bits per heavy atom. The number of ether oxygens (including phenoxy) is 2. The monoisotopic (exact) mass is 140 g/mol. The number of rotatable bonds is 3. The molecule has 0 unspecified atom stereocenters. The van der Waals surface area contributed by atoms with E-state index in [1.54, 1.807) is 12.3 Å². The molecule has 0 N–H and O–H groups in total. The van der Waals surface area contributed by atoms with Crippen molar-refractivity contribution in [2.24, 2.45) is 0 Å². The Morgan fingerprint density at radius 1 is 1.80 bits per heavy atom. The molecule has 10 heavy (non-hydrogen) atoms. The Kier molecular flexibility index (Phi) is 2.55. The summed E-state index contributed by atoms with van der Waals surface area (Å²) >= 11 is 0. The second-order valence-corrected chi connectivity index (χ2v) is 1.82. The minimum absolute atomic E-state index is 0.337. The summed E-state index contributed by atoms with van der Waals surface area (Å²) in [6.45, 7) is 1.33. The van der Waals surface area contributed by atoms with E-state index in [0.29, 0.717) is 19.7 Å². The summed E-state index contributed by atoms with van der Waals surface area (Å²) in [5, 5.41) is 0. The molecule has 0 aromatic carbocycles. The van der Waals surface area contributed by atoms with E-state index in [1.165, 1.54) is 0 Å². The number of hydrogen-bond donors (Lipinski definition) is 0. The molecule has 0 fully saturated rings. The molecule has 0 radical (unpaired) electrons. The highest BCUT2D eigenvalue weighted by Gasteiger charge is 1.95. The fraction of sp³-hybridized carbons (Fsp3) is 0.286. The molecule has 0 atom stereocenters. The second kappa shape index (κ2) is 3.71. The van der Waals surface area contributed by atoms with Gasteiger partial charge in [-0.3, -0.25) is 4.79 Å². The molecule has 0 spiro atoms. The van der Waals surface area contributed by atoms with Crippen LogP contribution in [0.4, 0.5) is 0 Å². The maximum atomic E-state index is 9.74. The maximum absolute atomic E-state index is 9.74. The molecule has 0 bridgehead atoms. The van der Waals surface area contributed by atoms with Crippen molar-refractivity contribution in [1.82, 2.24) is 0 Å². The highest BCUT2D eigenvalue weighted by molar-refractivity contribution is 5.38. The van der Waals surface area contributed by atoms with Crippen molar-refractivity contribution in [2.45, 2.75) is 0 Å². The minimum Gasteiger partial charge on any atom is -0.497 e. The number of carbonyl (C=O) groups is 1. The summed E-state index contributed by atoms with van der Waals surface area (Å²) in [5.74, 6) is 0. The first kappa shape index (κ1) is 6.86. The molecule has 3 nitrogen and oxygen atoms in total. The van der Waals surface area contributed by atoms with Crippen LogP contribution in [-0.2, 0) is 14.3 Å². The van der Waals surface area contributed by atoms with Crippen LogP contribution in [0.1, 0.15) is 0 Å². The van der Waals surface area contributed by atoms with Crippen molar-refractivity contribution in [3.05, 3.63) is 24.0 Å². The van der Waals surface area contributed by atoms with Gasteiger partial charge in [0.2, 0.25) is 0 Å². The van der Waals surface area contributed by atoms with Gasteiger partial charge in [-0.05, 0) is 17.7 Å². The predicted molar refractivity (Wildman–Crippen MR) is 35.2 cm³/mol. The Bertz CT molecular complexity index is 170. The first-order valence-corrected chi connectivity index (χ1v) is 2.96. The third kappa shape index (κ3) is 1.93. The van der Waals surface area contributed by atoms with E-state index in [1.807, 2.05) is 6.08 Å². The van der Waals surface area contributed by atoms with Crippen LogP contribution in [0.3, 0.4) is 0 Å². The lowest BCUT2D eigenvalue weighted by Crippen LogP contribution is -1.99. The van der Waals surface area contributed by atoms with Crippen molar-refractivity contribution in [3.8, 4) is 0 Å². The number of carbonyl (C=O) groups excluding carboxylic acids is 1. The molecule has 0 amide bonds.